The van der Waals surface area contributed by atoms with Gasteiger partial charge in [-0.3, -0.25) is 9.78 Å². The smallest absolute Gasteiger partial charge is 0.220 e. The van der Waals surface area contributed by atoms with Crippen LogP contribution in [0.5, 0.6) is 0 Å². The van der Waals surface area contributed by atoms with E-state index in [9.17, 15) is 9.18 Å². The Kier molecular flexibility index (Phi) is 5.88. The van der Waals surface area contributed by atoms with Crippen molar-refractivity contribution in [2.24, 2.45) is 0 Å². The Bertz CT molecular complexity index is 572. The maximum absolute atomic E-state index is 13.4. The summed E-state index contributed by atoms with van der Waals surface area (Å²) in [6.07, 6.45) is 6.08. The molecule has 3 nitrogen and oxygen atoms in total. The molecule has 0 aliphatic heterocycles. The lowest BCUT2D eigenvalue weighted by Gasteiger charge is -2.06. The molecular weight excluding hydrogens is 267 g/mol. The van der Waals surface area contributed by atoms with Gasteiger partial charge in [-0.15, -0.1) is 0 Å². The molecule has 0 atom stereocenters. The molecule has 0 bridgehead atoms. The number of aryl methyl sites for hydroxylation is 2. The summed E-state index contributed by atoms with van der Waals surface area (Å²) in [6.45, 7) is 0.630. The number of carbonyl (C=O) groups excluding carboxylic acids is 1. The molecule has 2 aromatic rings. The number of nitrogens with zero attached hydrogens (tertiary/aromatic N) is 1. The Labute approximate surface area is 124 Å². The number of rotatable bonds is 7. The third-order valence-electron chi connectivity index (χ3n) is 3.27. The fourth-order valence-electron chi connectivity index (χ4n) is 2.10. The molecule has 0 radical (unpaired) electrons. The van der Waals surface area contributed by atoms with Crippen LogP contribution in [0.2, 0.25) is 0 Å². The van der Waals surface area contributed by atoms with Crippen LogP contribution in [0.3, 0.4) is 0 Å². The molecule has 1 N–H and O–H groups in total. The zero-order chi connectivity index (χ0) is 14.9. The highest BCUT2D eigenvalue weighted by Crippen LogP contribution is 2.08. The molecule has 1 aromatic carbocycles. The molecule has 4 heteroatoms. The Morgan fingerprint density at radius 1 is 1.14 bits per heavy atom. The molecule has 1 amide bonds. The first-order valence-corrected chi connectivity index (χ1v) is 7.15. The number of hydrogen-bond acceptors (Lipinski definition) is 2. The molecule has 1 aromatic heterocycles. The van der Waals surface area contributed by atoms with Gasteiger partial charge < -0.3 is 5.32 Å². The second kappa shape index (κ2) is 8.15. The van der Waals surface area contributed by atoms with Crippen LogP contribution in [0.4, 0.5) is 4.39 Å². The second-order valence-electron chi connectivity index (χ2n) is 4.91. The average molecular weight is 286 g/mol. The summed E-state index contributed by atoms with van der Waals surface area (Å²) in [7, 11) is 0. The predicted molar refractivity (Wildman–Crippen MR) is 80.3 cm³/mol. The Morgan fingerprint density at radius 2 is 2.00 bits per heavy atom. The monoisotopic (exact) mass is 286 g/mol. The zero-order valence-corrected chi connectivity index (χ0v) is 11.9. The molecule has 0 spiro atoms. The van der Waals surface area contributed by atoms with Gasteiger partial charge in [0.05, 0.1) is 0 Å². The quantitative estimate of drug-likeness (QED) is 0.795. The van der Waals surface area contributed by atoms with Crippen LogP contribution in [-0.4, -0.2) is 17.4 Å². The highest BCUT2D eigenvalue weighted by Gasteiger charge is 2.05. The molecular formula is C17H19FN2O. The summed E-state index contributed by atoms with van der Waals surface area (Å²) in [5.41, 5.74) is 1.75. The van der Waals surface area contributed by atoms with Gasteiger partial charge in [-0.1, -0.05) is 24.3 Å². The van der Waals surface area contributed by atoms with E-state index in [2.05, 4.69) is 10.3 Å². The van der Waals surface area contributed by atoms with Crippen molar-refractivity contribution in [1.82, 2.24) is 10.3 Å². The minimum Gasteiger partial charge on any atom is -0.356 e. The maximum Gasteiger partial charge on any atom is 0.220 e. The molecule has 0 saturated carbocycles. The summed E-state index contributed by atoms with van der Waals surface area (Å²) in [4.78, 5) is 15.7. The summed E-state index contributed by atoms with van der Waals surface area (Å²) < 4.78 is 13.4. The highest BCUT2D eigenvalue weighted by atomic mass is 19.1. The number of pyridine rings is 1. The van der Waals surface area contributed by atoms with Crippen molar-refractivity contribution >= 4 is 5.91 Å². The lowest BCUT2D eigenvalue weighted by Crippen LogP contribution is -2.25. The summed E-state index contributed by atoms with van der Waals surface area (Å²) in [6, 6.07) is 10.5. The fraction of sp³-hybridized carbons (Fsp3) is 0.294. The summed E-state index contributed by atoms with van der Waals surface area (Å²) >= 11 is 0. The number of amides is 1. The van der Waals surface area contributed by atoms with Gasteiger partial charge in [-0.25, -0.2) is 4.39 Å². The van der Waals surface area contributed by atoms with E-state index in [0.717, 1.165) is 18.4 Å². The van der Waals surface area contributed by atoms with Crippen LogP contribution in [0.15, 0.2) is 48.8 Å². The number of halogens is 1. The van der Waals surface area contributed by atoms with E-state index in [4.69, 9.17) is 0 Å². The predicted octanol–water partition coefficient (Wildman–Crippen LogP) is 2.90. The van der Waals surface area contributed by atoms with Gasteiger partial charge in [0.25, 0.3) is 0 Å². The normalized spacial score (nSPS) is 10.3. The molecule has 0 saturated heterocycles. The van der Waals surface area contributed by atoms with Crippen LogP contribution < -0.4 is 5.32 Å². The van der Waals surface area contributed by atoms with Crippen molar-refractivity contribution in [1.29, 1.82) is 0 Å². The Balaban J connectivity index is 1.63. The van der Waals surface area contributed by atoms with Crippen LogP contribution in [-0.2, 0) is 17.6 Å². The van der Waals surface area contributed by atoms with Gasteiger partial charge >= 0.3 is 0 Å². The number of nitrogens with one attached hydrogen (secondary N) is 1. The van der Waals surface area contributed by atoms with Crippen molar-refractivity contribution in [3.05, 3.63) is 65.7 Å². The van der Waals surface area contributed by atoms with Crippen LogP contribution in [0, 0.1) is 5.82 Å². The molecule has 21 heavy (non-hydrogen) atoms. The minimum absolute atomic E-state index is 0.0376. The zero-order valence-electron chi connectivity index (χ0n) is 11.9. The number of hydrogen-bond donors (Lipinski definition) is 1. The number of aromatic nitrogens is 1. The van der Waals surface area contributed by atoms with E-state index >= 15 is 0 Å². The molecule has 0 unspecified atom stereocenters. The molecule has 1 heterocycles. The van der Waals surface area contributed by atoms with E-state index in [1.165, 1.54) is 6.07 Å². The number of carbonyl (C=O) groups is 1. The Hall–Kier alpha value is -2.23. The van der Waals surface area contributed by atoms with Gasteiger partial charge in [0, 0.05) is 25.4 Å². The first kappa shape index (κ1) is 15.2. The SMILES string of the molecule is O=C(CCc1ccccc1F)NCCCc1cccnc1. The standard InChI is InChI=1S/C17H19FN2O/c18-16-8-2-1-7-15(16)9-10-17(21)20-12-4-6-14-5-3-11-19-13-14/h1-3,5,7-8,11,13H,4,6,9-10,12H2,(H,20,21). The molecule has 0 aliphatic carbocycles. The lowest BCUT2D eigenvalue weighted by molar-refractivity contribution is -0.121. The van der Waals surface area contributed by atoms with Gasteiger partial charge in [0.1, 0.15) is 5.82 Å². The van der Waals surface area contributed by atoms with Crippen molar-refractivity contribution < 1.29 is 9.18 Å². The number of benzene rings is 1. The van der Waals surface area contributed by atoms with Crippen LogP contribution in [0.25, 0.3) is 0 Å². The van der Waals surface area contributed by atoms with Gasteiger partial charge in [0.15, 0.2) is 0 Å². The summed E-state index contributed by atoms with van der Waals surface area (Å²) in [5.74, 6) is -0.286. The molecule has 0 fully saturated rings. The third-order valence-corrected chi connectivity index (χ3v) is 3.27. The van der Waals surface area contributed by atoms with E-state index in [0.29, 0.717) is 24.9 Å². The first-order chi connectivity index (χ1) is 10.3. The van der Waals surface area contributed by atoms with Crippen LogP contribution in [0.1, 0.15) is 24.0 Å². The first-order valence-electron chi connectivity index (χ1n) is 7.15. The topological polar surface area (TPSA) is 42.0 Å². The van der Waals surface area contributed by atoms with E-state index in [1.807, 2.05) is 18.3 Å². The minimum atomic E-state index is -0.248. The van der Waals surface area contributed by atoms with Crippen molar-refractivity contribution in [3.63, 3.8) is 0 Å². The van der Waals surface area contributed by atoms with E-state index in [1.54, 1.807) is 24.4 Å². The Morgan fingerprint density at radius 3 is 2.76 bits per heavy atom. The van der Waals surface area contributed by atoms with E-state index < -0.39 is 0 Å². The van der Waals surface area contributed by atoms with Crippen molar-refractivity contribution in [2.75, 3.05) is 6.54 Å². The van der Waals surface area contributed by atoms with Crippen molar-refractivity contribution in [3.8, 4) is 0 Å². The third kappa shape index (κ3) is 5.34. The van der Waals surface area contributed by atoms with Gasteiger partial charge in [-0.2, -0.15) is 0 Å². The molecule has 110 valence electrons. The van der Waals surface area contributed by atoms with Gasteiger partial charge in [-0.05, 0) is 42.5 Å². The molecule has 0 aliphatic rings. The summed E-state index contributed by atoms with van der Waals surface area (Å²) in [5, 5.41) is 2.86. The van der Waals surface area contributed by atoms with Crippen molar-refractivity contribution in [2.45, 2.75) is 25.7 Å². The maximum atomic E-state index is 13.4. The highest BCUT2D eigenvalue weighted by molar-refractivity contribution is 5.76. The fourth-order valence-corrected chi connectivity index (χ4v) is 2.10. The van der Waals surface area contributed by atoms with E-state index in [-0.39, 0.29) is 11.7 Å². The average Bonchev–Trinajstić information content (AvgIpc) is 2.52. The van der Waals surface area contributed by atoms with Gasteiger partial charge in [0.2, 0.25) is 5.91 Å². The van der Waals surface area contributed by atoms with Crippen LogP contribution >= 0.6 is 0 Å². The molecule has 2 rings (SSSR count). The lowest BCUT2D eigenvalue weighted by atomic mass is 10.1. The largest absolute Gasteiger partial charge is 0.356 e. The second-order valence-corrected chi connectivity index (χ2v) is 4.91.